The number of aliphatic hydroxyl groups is 2. The third-order valence-electron chi connectivity index (χ3n) is 3.90. The minimum Gasteiger partial charge on any atom is -0.394 e. The summed E-state index contributed by atoms with van der Waals surface area (Å²) < 4.78 is 0. The van der Waals surface area contributed by atoms with Gasteiger partial charge in [-0.2, -0.15) is 0 Å². The van der Waals surface area contributed by atoms with Crippen LogP contribution in [0.5, 0.6) is 0 Å². The van der Waals surface area contributed by atoms with Crippen molar-refractivity contribution in [2.45, 2.75) is 25.5 Å². The maximum Gasteiger partial charge on any atom is 0.0897 e. The molecule has 0 aliphatic carbocycles. The van der Waals surface area contributed by atoms with Gasteiger partial charge in [-0.1, -0.05) is 6.92 Å². The standard InChI is InChI=1S/C11H22N2O2/c1-2-11-10-4-12-3-8(10)5-13(11)6-9(15)7-14/h8-12,14-15H,2-7H2,1H3. The molecule has 2 aliphatic rings. The highest BCUT2D eigenvalue weighted by Crippen LogP contribution is 2.34. The van der Waals surface area contributed by atoms with E-state index in [-0.39, 0.29) is 6.61 Å². The monoisotopic (exact) mass is 214 g/mol. The Morgan fingerprint density at radius 2 is 2.27 bits per heavy atom. The molecule has 4 atom stereocenters. The van der Waals surface area contributed by atoms with Crippen molar-refractivity contribution < 1.29 is 10.2 Å². The predicted octanol–water partition coefficient (Wildman–Crippen LogP) is -0.731. The molecule has 4 nitrogen and oxygen atoms in total. The smallest absolute Gasteiger partial charge is 0.0897 e. The van der Waals surface area contributed by atoms with Gasteiger partial charge in [-0.3, -0.25) is 4.90 Å². The van der Waals surface area contributed by atoms with Crippen molar-refractivity contribution in [2.24, 2.45) is 11.8 Å². The van der Waals surface area contributed by atoms with Crippen LogP contribution in [-0.4, -0.2) is 60.0 Å². The van der Waals surface area contributed by atoms with Crippen LogP contribution in [0, 0.1) is 11.8 Å². The van der Waals surface area contributed by atoms with Crippen molar-refractivity contribution in [1.82, 2.24) is 10.2 Å². The quantitative estimate of drug-likeness (QED) is 0.577. The summed E-state index contributed by atoms with van der Waals surface area (Å²) in [5, 5.41) is 21.8. The number of rotatable bonds is 4. The van der Waals surface area contributed by atoms with Gasteiger partial charge < -0.3 is 15.5 Å². The van der Waals surface area contributed by atoms with Gasteiger partial charge in [0.1, 0.15) is 0 Å². The summed E-state index contributed by atoms with van der Waals surface area (Å²) in [7, 11) is 0. The van der Waals surface area contributed by atoms with Crippen molar-refractivity contribution in [3.05, 3.63) is 0 Å². The lowest BCUT2D eigenvalue weighted by Gasteiger charge is -2.28. The number of nitrogens with zero attached hydrogens (tertiary/aromatic N) is 1. The van der Waals surface area contributed by atoms with E-state index in [1.165, 1.54) is 0 Å². The van der Waals surface area contributed by atoms with Gasteiger partial charge in [0.05, 0.1) is 12.7 Å². The Morgan fingerprint density at radius 3 is 2.93 bits per heavy atom. The summed E-state index contributed by atoms with van der Waals surface area (Å²) in [5.74, 6) is 1.50. The third-order valence-corrected chi connectivity index (χ3v) is 3.90. The van der Waals surface area contributed by atoms with E-state index in [2.05, 4.69) is 17.1 Å². The topological polar surface area (TPSA) is 55.7 Å². The molecular formula is C11H22N2O2. The molecule has 2 rings (SSSR count). The summed E-state index contributed by atoms with van der Waals surface area (Å²) in [6.07, 6.45) is 0.562. The fraction of sp³-hybridized carbons (Fsp3) is 1.00. The average Bonchev–Trinajstić information content (AvgIpc) is 2.77. The van der Waals surface area contributed by atoms with E-state index in [1.54, 1.807) is 0 Å². The van der Waals surface area contributed by atoms with Gasteiger partial charge >= 0.3 is 0 Å². The van der Waals surface area contributed by atoms with Crippen LogP contribution in [0.4, 0.5) is 0 Å². The Labute approximate surface area is 91.3 Å². The molecule has 0 spiro atoms. The molecule has 3 N–H and O–H groups in total. The fourth-order valence-corrected chi connectivity index (χ4v) is 3.21. The van der Waals surface area contributed by atoms with E-state index in [0.717, 1.165) is 37.9 Å². The highest BCUT2D eigenvalue weighted by atomic mass is 16.3. The molecule has 4 unspecified atom stereocenters. The lowest BCUT2D eigenvalue weighted by Crippen LogP contribution is -2.40. The van der Waals surface area contributed by atoms with E-state index >= 15 is 0 Å². The Balaban J connectivity index is 1.95. The van der Waals surface area contributed by atoms with Crippen LogP contribution in [0.1, 0.15) is 13.3 Å². The second-order valence-corrected chi connectivity index (χ2v) is 4.85. The van der Waals surface area contributed by atoms with Crippen LogP contribution in [0.2, 0.25) is 0 Å². The van der Waals surface area contributed by atoms with Gasteiger partial charge in [0, 0.05) is 19.1 Å². The summed E-state index contributed by atoms with van der Waals surface area (Å²) >= 11 is 0. The Bertz CT molecular complexity index is 211. The second kappa shape index (κ2) is 4.78. The zero-order chi connectivity index (χ0) is 10.8. The Morgan fingerprint density at radius 1 is 1.47 bits per heavy atom. The van der Waals surface area contributed by atoms with Gasteiger partial charge in [0.25, 0.3) is 0 Å². The molecule has 2 heterocycles. The Hall–Kier alpha value is -0.160. The van der Waals surface area contributed by atoms with Crippen molar-refractivity contribution in [2.75, 3.05) is 32.8 Å². The minimum absolute atomic E-state index is 0.124. The molecule has 4 heteroatoms. The molecule has 2 saturated heterocycles. The molecule has 0 radical (unpaired) electrons. The van der Waals surface area contributed by atoms with E-state index in [1.807, 2.05) is 0 Å². The van der Waals surface area contributed by atoms with E-state index in [9.17, 15) is 5.11 Å². The fourth-order valence-electron chi connectivity index (χ4n) is 3.21. The first kappa shape index (κ1) is 11.3. The molecule has 0 aromatic carbocycles. The van der Waals surface area contributed by atoms with Crippen molar-refractivity contribution in [3.63, 3.8) is 0 Å². The SMILES string of the molecule is CCC1C2CNCC2CN1CC(O)CO. The number of aliphatic hydroxyl groups excluding tert-OH is 2. The van der Waals surface area contributed by atoms with Gasteiger partial charge in [0.2, 0.25) is 0 Å². The van der Waals surface area contributed by atoms with E-state index in [4.69, 9.17) is 5.11 Å². The lowest BCUT2D eigenvalue weighted by molar-refractivity contribution is 0.0508. The number of hydrogen-bond donors (Lipinski definition) is 3. The number of likely N-dealkylation sites (tertiary alicyclic amines) is 1. The normalized spacial score (nSPS) is 38.2. The van der Waals surface area contributed by atoms with E-state index < -0.39 is 6.10 Å². The maximum absolute atomic E-state index is 9.49. The van der Waals surface area contributed by atoms with Crippen LogP contribution >= 0.6 is 0 Å². The van der Waals surface area contributed by atoms with Crippen LogP contribution < -0.4 is 5.32 Å². The molecule has 0 amide bonds. The highest BCUT2D eigenvalue weighted by Gasteiger charge is 2.43. The van der Waals surface area contributed by atoms with Gasteiger partial charge in [-0.05, 0) is 31.3 Å². The molecule has 88 valence electrons. The number of hydrogen-bond acceptors (Lipinski definition) is 4. The zero-order valence-electron chi connectivity index (χ0n) is 9.39. The van der Waals surface area contributed by atoms with Crippen LogP contribution in [0.3, 0.4) is 0 Å². The second-order valence-electron chi connectivity index (χ2n) is 4.85. The first-order valence-electron chi connectivity index (χ1n) is 6.00. The lowest BCUT2D eigenvalue weighted by atomic mass is 9.93. The summed E-state index contributed by atoms with van der Waals surface area (Å²) in [5.41, 5.74) is 0. The van der Waals surface area contributed by atoms with Crippen LogP contribution in [0.25, 0.3) is 0 Å². The first-order chi connectivity index (χ1) is 7.26. The highest BCUT2D eigenvalue weighted by molar-refractivity contribution is 4.98. The van der Waals surface area contributed by atoms with Gasteiger partial charge in [0.15, 0.2) is 0 Å². The maximum atomic E-state index is 9.49. The van der Waals surface area contributed by atoms with Crippen molar-refractivity contribution >= 4 is 0 Å². The molecule has 0 aromatic heterocycles. The third kappa shape index (κ3) is 2.18. The molecule has 2 fully saturated rings. The molecule has 0 aromatic rings. The van der Waals surface area contributed by atoms with Gasteiger partial charge in [-0.25, -0.2) is 0 Å². The van der Waals surface area contributed by atoms with Gasteiger partial charge in [-0.15, -0.1) is 0 Å². The largest absolute Gasteiger partial charge is 0.394 e. The van der Waals surface area contributed by atoms with Crippen molar-refractivity contribution in [1.29, 1.82) is 0 Å². The van der Waals surface area contributed by atoms with Crippen LogP contribution in [0.15, 0.2) is 0 Å². The molecule has 2 aliphatic heterocycles. The predicted molar refractivity (Wildman–Crippen MR) is 58.6 cm³/mol. The summed E-state index contributed by atoms with van der Waals surface area (Å²) in [4.78, 5) is 2.36. The zero-order valence-corrected chi connectivity index (χ0v) is 9.39. The Kier molecular flexibility index (Phi) is 3.61. The summed E-state index contributed by atoms with van der Waals surface area (Å²) in [6.45, 7) is 6.03. The molecule has 0 bridgehead atoms. The molecule has 0 saturated carbocycles. The minimum atomic E-state index is -0.578. The number of β-amino-alcohol motifs (C(OH)–C–C–N with tert-alkyl or cyclic N) is 1. The number of fused-ring (bicyclic) bond motifs is 1. The van der Waals surface area contributed by atoms with Crippen LogP contribution in [-0.2, 0) is 0 Å². The summed E-state index contributed by atoms with van der Waals surface area (Å²) in [6, 6.07) is 0.589. The van der Waals surface area contributed by atoms with E-state index in [0.29, 0.717) is 12.6 Å². The molecular weight excluding hydrogens is 192 g/mol. The number of nitrogens with one attached hydrogen (secondary N) is 1. The average molecular weight is 214 g/mol. The first-order valence-corrected chi connectivity index (χ1v) is 6.00. The molecule has 15 heavy (non-hydrogen) atoms. The van der Waals surface area contributed by atoms with Crippen molar-refractivity contribution in [3.8, 4) is 0 Å².